The third kappa shape index (κ3) is 5.63. The van der Waals surface area contributed by atoms with Crippen molar-refractivity contribution >= 4 is 15.9 Å². The van der Waals surface area contributed by atoms with Crippen LogP contribution in [0.3, 0.4) is 0 Å². The van der Waals surface area contributed by atoms with Gasteiger partial charge in [0.05, 0.1) is 11.5 Å². The van der Waals surface area contributed by atoms with Gasteiger partial charge in [0.15, 0.2) is 0 Å². The number of rotatable bonds is 8. The van der Waals surface area contributed by atoms with E-state index in [1.165, 1.54) is 55.6 Å². The fourth-order valence-electron chi connectivity index (χ4n) is 2.02. The molecule has 0 fully saturated rings. The highest BCUT2D eigenvalue weighted by Gasteiger charge is 2.14. The van der Waals surface area contributed by atoms with Gasteiger partial charge in [-0.05, 0) is 42.0 Å². The Balaban J connectivity index is 1.99. The van der Waals surface area contributed by atoms with Crippen LogP contribution >= 0.6 is 0 Å². The van der Waals surface area contributed by atoms with Crippen molar-refractivity contribution in [2.45, 2.75) is 11.4 Å². The molecule has 0 spiro atoms. The second-order valence-corrected chi connectivity index (χ2v) is 6.99. The van der Waals surface area contributed by atoms with Crippen molar-refractivity contribution in [2.24, 2.45) is 0 Å². The lowest BCUT2D eigenvalue weighted by Crippen LogP contribution is -2.27. The van der Waals surface area contributed by atoms with Crippen molar-refractivity contribution in [3.63, 3.8) is 0 Å². The third-order valence-electron chi connectivity index (χ3n) is 3.40. The maximum absolute atomic E-state index is 12.8. The predicted octanol–water partition coefficient (Wildman–Crippen LogP) is 1.68. The summed E-state index contributed by atoms with van der Waals surface area (Å²) in [6.45, 7) is 0.808. The quantitative estimate of drug-likeness (QED) is 0.696. The molecular weight excluding hydrogens is 347 g/mol. The van der Waals surface area contributed by atoms with Crippen LogP contribution in [0.1, 0.15) is 15.9 Å². The van der Waals surface area contributed by atoms with E-state index >= 15 is 0 Å². The summed E-state index contributed by atoms with van der Waals surface area (Å²) in [5.74, 6) is -0.689. The lowest BCUT2D eigenvalue weighted by Gasteiger charge is -2.08. The van der Waals surface area contributed by atoms with E-state index in [4.69, 9.17) is 4.74 Å². The van der Waals surface area contributed by atoms with E-state index in [-0.39, 0.29) is 23.2 Å². The number of hydrogen-bond acceptors (Lipinski definition) is 4. The molecule has 2 rings (SSSR count). The van der Waals surface area contributed by atoms with Crippen molar-refractivity contribution < 1.29 is 22.3 Å². The lowest BCUT2D eigenvalue weighted by atomic mass is 10.2. The minimum atomic E-state index is -3.73. The minimum absolute atomic E-state index is 0.0435. The molecule has 134 valence electrons. The molecule has 1 amide bonds. The molecule has 0 radical (unpaired) electrons. The molecule has 0 unspecified atom stereocenters. The van der Waals surface area contributed by atoms with E-state index in [1.807, 2.05) is 0 Å². The van der Waals surface area contributed by atoms with Gasteiger partial charge in [-0.3, -0.25) is 4.79 Å². The van der Waals surface area contributed by atoms with Gasteiger partial charge >= 0.3 is 0 Å². The van der Waals surface area contributed by atoms with Crippen LogP contribution in [0.4, 0.5) is 4.39 Å². The Bertz CT molecular complexity index is 806. The molecule has 0 aliphatic carbocycles. The second-order valence-electron chi connectivity index (χ2n) is 5.22. The molecule has 2 aromatic rings. The fourth-order valence-corrected chi connectivity index (χ4v) is 3.04. The average Bonchev–Trinajstić information content (AvgIpc) is 2.61. The van der Waals surface area contributed by atoms with E-state index in [0.717, 1.165) is 0 Å². The Morgan fingerprint density at radius 1 is 1.08 bits per heavy atom. The van der Waals surface area contributed by atoms with Crippen molar-refractivity contribution in [2.75, 3.05) is 20.3 Å². The largest absolute Gasteiger partial charge is 0.383 e. The Hall–Kier alpha value is -2.29. The summed E-state index contributed by atoms with van der Waals surface area (Å²) >= 11 is 0. The number of carbonyl (C=O) groups excluding carboxylic acids is 1. The molecule has 0 bridgehead atoms. The van der Waals surface area contributed by atoms with Crippen LogP contribution in [0, 0.1) is 5.82 Å². The normalized spacial score (nSPS) is 11.3. The summed E-state index contributed by atoms with van der Waals surface area (Å²) in [5, 5.41) is 2.65. The van der Waals surface area contributed by atoms with Gasteiger partial charge < -0.3 is 10.1 Å². The zero-order valence-electron chi connectivity index (χ0n) is 13.7. The first-order valence-electron chi connectivity index (χ1n) is 7.54. The van der Waals surface area contributed by atoms with E-state index in [0.29, 0.717) is 24.3 Å². The SMILES string of the molecule is COCCNC(=O)c1ccc(S(=O)(=O)NCc2ccc(F)cc2)cc1. The molecule has 6 nitrogen and oxygen atoms in total. The van der Waals surface area contributed by atoms with E-state index in [9.17, 15) is 17.6 Å². The van der Waals surface area contributed by atoms with Crippen LogP contribution < -0.4 is 10.0 Å². The monoisotopic (exact) mass is 366 g/mol. The molecule has 0 aliphatic rings. The molecule has 0 aromatic heterocycles. The van der Waals surface area contributed by atoms with E-state index in [1.54, 1.807) is 0 Å². The first-order valence-corrected chi connectivity index (χ1v) is 9.02. The Morgan fingerprint density at radius 2 is 1.72 bits per heavy atom. The van der Waals surface area contributed by atoms with Gasteiger partial charge in [0, 0.05) is 25.8 Å². The second kappa shape index (κ2) is 8.70. The van der Waals surface area contributed by atoms with Crippen LogP contribution in [-0.2, 0) is 21.3 Å². The van der Waals surface area contributed by atoms with Gasteiger partial charge in [-0.2, -0.15) is 0 Å². The molecule has 2 N–H and O–H groups in total. The van der Waals surface area contributed by atoms with Crippen molar-refractivity contribution in [3.8, 4) is 0 Å². The first-order chi connectivity index (χ1) is 11.9. The Kier molecular flexibility index (Phi) is 6.63. The Morgan fingerprint density at radius 3 is 2.32 bits per heavy atom. The van der Waals surface area contributed by atoms with Gasteiger partial charge in [0.25, 0.3) is 5.91 Å². The summed E-state index contributed by atoms with van der Waals surface area (Å²) in [6, 6.07) is 11.1. The zero-order chi connectivity index (χ0) is 18.3. The summed E-state index contributed by atoms with van der Waals surface area (Å²) in [7, 11) is -2.19. The predicted molar refractivity (Wildman–Crippen MR) is 91.1 cm³/mol. The van der Waals surface area contributed by atoms with E-state index < -0.39 is 10.0 Å². The number of sulfonamides is 1. The molecule has 2 aromatic carbocycles. The average molecular weight is 366 g/mol. The molecular formula is C17H19FN2O4S. The minimum Gasteiger partial charge on any atom is -0.383 e. The topological polar surface area (TPSA) is 84.5 Å². The number of benzene rings is 2. The summed E-state index contributed by atoms with van der Waals surface area (Å²) in [5.41, 5.74) is 0.993. The summed E-state index contributed by atoms with van der Waals surface area (Å²) < 4.78 is 44.6. The maximum Gasteiger partial charge on any atom is 0.251 e. The highest BCUT2D eigenvalue weighted by molar-refractivity contribution is 7.89. The van der Waals surface area contributed by atoms with Crippen LogP contribution in [0.5, 0.6) is 0 Å². The van der Waals surface area contributed by atoms with Crippen LogP contribution in [0.15, 0.2) is 53.4 Å². The molecule has 0 saturated carbocycles. The molecule has 0 atom stereocenters. The lowest BCUT2D eigenvalue weighted by molar-refractivity contribution is 0.0937. The van der Waals surface area contributed by atoms with Gasteiger partial charge in [-0.1, -0.05) is 12.1 Å². The molecule has 0 heterocycles. The molecule has 0 saturated heterocycles. The number of nitrogens with one attached hydrogen (secondary N) is 2. The third-order valence-corrected chi connectivity index (χ3v) is 4.82. The van der Waals surface area contributed by atoms with Crippen molar-refractivity contribution in [1.29, 1.82) is 0 Å². The van der Waals surface area contributed by atoms with Crippen molar-refractivity contribution in [3.05, 3.63) is 65.5 Å². The van der Waals surface area contributed by atoms with Gasteiger partial charge in [-0.15, -0.1) is 0 Å². The number of ether oxygens (including phenoxy) is 1. The number of carbonyl (C=O) groups is 1. The fraction of sp³-hybridized carbons (Fsp3) is 0.235. The molecule has 8 heteroatoms. The summed E-state index contributed by atoms with van der Waals surface area (Å²) in [6.07, 6.45) is 0. The number of methoxy groups -OCH3 is 1. The van der Waals surface area contributed by atoms with Crippen LogP contribution in [0.2, 0.25) is 0 Å². The Labute approximate surface area is 146 Å². The highest BCUT2D eigenvalue weighted by Crippen LogP contribution is 2.12. The van der Waals surface area contributed by atoms with Gasteiger partial charge in [-0.25, -0.2) is 17.5 Å². The smallest absolute Gasteiger partial charge is 0.251 e. The standard InChI is InChI=1S/C17H19FN2O4S/c1-24-11-10-19-17(21)14-4-8-16(9-5-14)25(22,23)20-12-13-2-6-15(18)7-3-13/h2-9,20H,10-12H2,1H3,(H,19,21). The zero-order valence-corrected chi connectivity index (χ0v) is 14.5. The summed E-state index contributed by atoms with van der Waals surface area (Å²) in [4.78, 5) is 11.9. The van der Waals surface area contributed by atoms with Gasteiger partial charge in [0.2, 0.25) is 10.0 Å². The number of hydrogen-bond donors (Lipinski definition) is 2. The first kappa shape index (κ1) is 19.0. The van der Waals surface area contributed by atoms with Crippen LogP contribution in [0.25, 0.3) is 0 Å². The van der Waals surface area contributed by atoms with E-state index in [2.05, 4.69) is 10.0 Å². The van der Waals surface area contributed by atoms with Gasteiger partial charge in [0.1, 0.15) is 5.82 Å². The molecule has 0 aliphatic heterocycles. The van der Waals surface area contributed by atoms with Crippen molar-refractivity contribution in [1.82, 2.24) is 10.0 Å². The maximum atomic E-state index is 12.8. The number of halogens is 1. The highest BCUT2D eigenvalue weighted by atomic mass is 32.2. The van der Waals surface area contributed by atoms with Crippen LogP contribution in [-0.4, -0.2) is 34.6 Å². The number of amides is 1. The molecule has 25 heavy (non-hydrogen) atoms.